The first-order valence-corrected chi connectivity index (χ1v) is 7.01. The number of rotatable bonds is 5. The van der Waals surface area contributed by atoms with E-state index in [2.05, 4.69) is 5.32 Å². The highest BCUT2D eigenvalue weighted by Crippen LogP contribution is 2.32. The Balaban J connectivity index is 1.86. The number of likely N-dealkylation sites (tertiary alicyclic amines) is 1. The quantitative estimate of drug-likeness (QED) is 0.783. The van der Waals surface area contributed by atoms with Crippen LogP contribution in [0, 0.1) is 5.92 Å². The summed E-state index contributed by atoms with van der Waals surface area (Å²) in [4.78, 5) is 24.9. The van der Waals surface area contributed by atoms with Crippen LogP contribution in [0.25, 0.3) is 0 Å². The number of carbonyl (C=O) groups excluding carboxylic acids is 1. The van der Waals surface area contributed by atoms with Gasteiger partial charge in [-0.05, 0) is 38.5 Å². The first-order valence-electron chi connectivity index (χ1n) is 7.01. The third-order valence-electron chi connectivity index (χ3n) is 3.71. The molecule has 0 spiro atoms. The van der Waals surface area contributed by atoms with E-state index >= 15 is 0 Å². The molecule has 2 rings (SSSR count). The van der Waals surface area contributed by atoms with Crippen LogP contribution < -0.4 is 5.32 Å². The second-order valence-corrected chi connectivity index (χ2v) is 5.27. The van der Waals surface area contributed by atoms with Crippen molar-refractivity contribution in [1.29, 1.82) is 0 Å². The predicted octanol–water partition coefficient (Wildman–Crippen LogP) is 1.06. The molecule has 1 aliphatic carbocycles. The highest BCUT2D eigenvalue weighted by molar-refractivity contribution is 5.83. The SMILES string of the molecule is CCOC1CCCN(C(=O)NC(C(=O)O)C2CC2)C1. The number of hydrogen-bond donors (Lipinski definition) is 2. The largest absolute Gasteiger partial charge is 0.480 e. The smallest absolute Gasteiger partial charge is 0.326 e. The average molecular weight is 270 g/mol. The topological polar surface area (TPSA) is 78.9 Å². The van der Waals surface area contributed by atoms with Crippen LogP contribution in [0.15, 0.2) is 0 Å². The van der Waals surface area contributed by atoms with E-state index < -0.39 is 12.0 Å². The van der Waals surface area contributed by atoms with Gasteiger partial charge >= 0.3 is 12.0 Å². The molecule has 0 aromatic carbocycles. The first kappa shape index (κ1) is 14.1. The number of urea groups is 1. The number of carboxylic acids is 1. The molecule has 19 heavy (non-hydrogen) atoms. The van der Waals surface area contributed by atoms with Crippen molar-refractivity contribution in [3.05, 3.63) is 0 Å². The Morgan fingerprint density at radius 1 is 1.42 bits per heavy atom. The zero-order chi connectivity index (χ0) is 13.8. The second kappa shape index (κ2) is 6.23. The van der Waals surface area contributed by atoms with E-state index in [9.17, 15) is 9.59 Å². The number of nitrogens with zero attached hydrogens (tertiary/aromatic N) is 1. The van der Waals surface area contributed by atoms with Gasteiger partial charge in [0, 0.05) is 19.7 Å². The second-order valence-electron chi connectivity index (χ2n) is 5.27. The number of amides is 2. The van der Waals surface area contributed by atoms with Crippen molar-refractivity contribution in [1.82, 2.24) is 10.2 Å². The van der Waals surface area contributed by atoms with Crippen LogP contribution in [-0.2, 0) is 9.53 Å². The third kappa shape index (κ3) is 3.83. The monoisotopic (exact) mass is 270 g/mol. The zero-order valence-electron chi connectivity index (χ0n) is 11.3. The molecule has 108 valence electrons. The Bertz CT molecular complexity index is 342. The summed E-state index contributed by atoms with van der Waals surface area (Å²) in [6, 6.07) is -1.01. The Labute approximate surface area is 113 Å². The molecule has 0 bridgehead atoms. The van der Waals surface area contributed by atoms with Crippen molar-refractivity contribution in [2.24, 2.45) is 5.92 Å². The molecule has 2 N–H and O–H groups in total. The summed E-state index contributed by atoms with van der Waals surface area (Å²) in [6.45, 7) is 3.80. The summed E-state index contributed by atoms with van der Waals surface area (Å²) in [6.07, 6.45) is 3.72. The Hall–Kier alpha value is -1.30. The highest BCUT2D eigenvalue weighted by atomic mass is 16.5. The number of hydrogen-bond acceptors (Lipinski definition) is 3. The van der Waals surface area contributed by atoms with Gasteiger partial charge in [-0.3, -0.25) is 0 Å². The van der Waals surface area contributed by atoms with E-state index in [0.29, 0.717) is 19.7 Å². The molecule has 6 nitrogen and oxygen atoms in total. The molecule has 2 unspecified atom stereocenters. The summed E-state index contributed by atoms with van der Waals surface area (Å²) >= 11 is 0. The molecule has 1 saturated heterocycles. The van der Waals surface area contributed by atoms with Gasteiger partial charge < -0.3 is 20.1 Å². The lowest BCUT2D eigenvalue weighted by atomic mass is 10.1. The zero-order valence-corrected chi connectivity index (χ0v) is 11.3. The number of nitrogens with one attached hydrogen (secondary N) is 1. The standard InChI is InChI=1S/C13H22N2O4/c1-2-19-10-4-3-7-15(8-10)13(18)14-11(12(16)17)9-5-6-9/h9-11H,2-8H2,1H3,(H,14,18)(H,16,17). The molecule has 1 heterocycles. The van der Waals surface area contributed by atoms with Crippen LogP contribution >= 0.6 is 0 Å². The van der Waals surface area contributed by atoms with Gasteiger partial charge in [0.15, 0.2) is 0 Å². The maximum absolute atomic E-state index is 12.1. The van der Waals surface area contributed by atoms with E-state index in [1.807, 2.05) is 6.92 Å². The number of carboxylic acid groups (broad SMARTS) is 1. The van der Waals surface area contributed by atoms with Gasteiger partial charge in [-0.1, -0.05) is 0 Å². The van der Waals surface area contributed by atoms with Gasteiger partial charge in [-0.2, -0.15) is 0 Å². The minimum Gasteiger partial charge on any atom is -0.480 e. The van der Waals surface area contributed by atoms with E-state index in [1.165, 1.54) is 0 Å². The summed E-state index contributed by atoms with van der Waals surface area (Å²) in [5.74, 6) is -0.830. The van der Waals surface area contributed by atoms with Crippen molar-refractivity contribution in [3.8, 4) is 0 Å². The fraction of sp³-hybridized carbons (Fsp3) is 0.846. The van der Waals surface area contributed by atoms with Crippen molar-refractivity contribution in [2.75, 3.05) is 19.7 Å². The number of ether oxygens (including phenoxy) is 1. The third-order valence-corrected chi connectivity index (χ3v) is 3.71. The number of aliphatic carboxylic acids is 1. The van der Waals surface area contributed by atoms with Crippen LogP contribution in [0.3, 0.4) is 0 Å². The molecular formula is C13H22N2O4. The predicted molar refractivity (Wildman–Crippen MR) is 68.9 cm³/mol. The van der Waals surface area contributed by atoms with Gasteiger partial charge in [0.2, 0.25) is 0 Å². The average Bonchev–Trinajstić information content (AvgIpc) is 3.20. The molecule has 1 saturated carbocycles. The van der Waals surface area contributed by atoms with E-state index in [-0.39, 0.29) is 18.1 Å². The maximum atomic E-state index is 12.1. The van der Waals surface area contributed by atoms with E-state index in [0.717, 1.165) is 25.7 Å². The number of carbonyl (C=O) groups is 2. The molecule has 2 amide bonds. The highest BCUT2D eigenvalue weighted by Gasteiger charge is 2.38. The molecular weight excluding hydrogens is 248 g/mol. The fourth-order valence-electron chi connectivity index (χ4n) is 2.53. The van der Waals surface area contributed by atoms with Gasteiger partial charge in [-0.25, -0.2) is 9.59 Å². The molecule has 0 radical (unpaired) electrons. The van der Waals surface area contributed by atoms with Crippen LogP contribution in [0.2, 0.25) is 0 Å². The summed E-state index contributed by atoms with van der Waals surface area (Å²) in [5, 5.41) is 11.8. The molecule has 0 aromatic rings. The molecule has 1 aliphatic heterocycles. The van der Waals surface area contributed by atoms with Crippen LogP contribution in [-0.4, -0.2) is 53.8 Å². The lowest BCUT2D eigenvalue weighted by Gasteiger charge is -2.33. The minimum absolute atomic E-state index is 0.0775. The van der Waals surface area contributed by atoms with Gasteiger partial charge in [0.25, 0.3) is 0 Å². The molecule has 0 aromatic heterocycles. The molecule has 6 heteroatoms. The normalized spacial score (nSPS) is 24.9. The molecule has 2 fully saturated rings. The summed E-state index contributed by atoms with van der Waals surface area (Å²) < 4.78 is 5.54. The van der Waals surface area contributed by atoms with Gasteiger partial charge in [0.1, 0.15) is 6.04 Å². The Morgan fingerprint density at radius 2 is 2.16 bits per heavy atom. The fourth-order valence-corrected chi connectivity index (χ4v) is 2.53. The van der Waals surface area contributed by atoms with Crippen molar-refractivity contribution < 1.29 is 19.4 Å². The number of piperidine rings is 1. The van der Waals surface area contributed by atoms with Crippen molar-refractivity contribution in [2.45, 2.75) is 44.8 Å². The Morgan fingerprint density at radius 3 is 2.74 bits per heavy atom. The lowest BCUT2D eigenvalue weighted by molar-refractivity contribution is -0.139. The molecule has 2 aliphatic rings. The molecule has 2 atom stereocenters. The maximum Gasteiger partial charge on any atom is 0.326 e. The minimum atomic E-state index is -0.936. The lowest BCUT2D eigenvalue weighted by Crippen LogP contribution is -2.52. The van der Waals surface area contributed by atoms with Gasteiger partial charge in [0.05, 0.1) is 6.10 Å². The van der Waals surface area contributed by atoms with Gasteiger partial charge in [-0.15, -0.1) is 0 Å². The van der Waals surface area contributed by atoms with Crippen molar-refractivity contribution >= 4 is 12.0 Å². The first-order chi connectivity index (χ1) is 9.11. The summed E-state index contributed by atoms with van der Waals surface area (Å²) in [5.41, 5.74) is 0. The Kier molecular flexibility index (Phi) is 4.63. The van der Waals surface area contributed by atoms with Crippen molar-refractivity contribution in [3.63, 3.8) is 0 Å². The van der Waals surface area contributed by atoms with E-state index in [1.54, 1.807) is 4.90 Å². The van der Waals surface area contributed by atoms with Crippen LogP contribution in [0.5, 0.6) is 0 Å². The van der Waals surface area contributed by atoms with Crippen LogP contribution in [0.1, 0.15) is 32.6 Å². The summed E-state index contributed by atoms with van der Waals surface area (Å²) in [7, 11) is 0. The van der Waals surface area contributed by atoms with E-state index in [4.69, 9.17) is 9.84 Å². The van der Waals surface area contributed by atoms with Crippen LogP contribution in [0.4, 0.5) is 4.79 Å².